The van der Waals surface area contributed by atoms with Gasteiger partial charge in [0.05, 0.1) is 5.56 Å². The van der Waals surface area contributed by atoms with E-state index in [-0.39, 0.29) is 10.8 Å². The molecule has 204 valence electrons. The summed E-state index contributed by atoms with van der Waals surface area (Å²) in [6, 6.07) is 22.1. The van der Waals surface area contributed by atoms with Crippen LogP contribution in [-0.2, 0) is 17.9 Å². The lowest BCUT2D eigenvalue weighted by Crippen LogP contribution is -2.30. The van der Waals surface area contributed by atoms with Crippen molar-refractivity contribution in [3.63, 3.8) is 0 Å². The van der Waals surface area contributed by atoms with E-state index < -0.39 is 5.89 Å². The van der Waals surface area contributed by atoms with Gasteiger partial charge in [-0.1, -0.05) is 89.4 Å². The smallest absolute Gasteiger partial charge is 0.216 e. The lowest BCUT2D eigenvalue weighted by atomic mass is 9.74. The van der Waals surface area contributed by atoms with Crippen molar-refractivity contribution < 1.29 is 10.4 Å². The quantitative estimate of drug-likeness (QED) is 0.213. The highest BCUT2D eigenvalue weighted by molar-refractivity contribution is 6.13. The van der Waals surface area contributed by atoms with Gasteiger partial charge in [0.2, 0.25) is 5.69 Å². The first-order valence-electron chi connectivity index (χ1n) is 15.6. The van der Waals surface area contributed by atoms with Gasteiger partial charge in [-0.15, -0.1) is 0 Å². The molecule has 2 aromatic heterocycles. The molecule has 1 saturated carbocycles. The molecule has 0 saturated heterocycles. The van der Waals surface area contributed by atoms with E-state index in [2.05, 4.69) is 113 Å². The van der Waals surface area contributed by atoms with Crippen molar-refractivity contribution in [1.82, 2.24) is 0 Å². The van der Waals surface area contributed by atoms with E-state index in [0.29, 0.717) is 0 Å². The monoisotopic (exact) mass is 529 g/mol. The van der Waals surface area contributed by atoms with Crippen LogP contribution >= 0.6 is 0 Å². The maximum Gasteiger partial charge on any atom is 0.216 e. The molecule has 2 nitrogen and oxygen atoms in total. The van der Waals surface area contributed by atoms with Crippen molar-refractivity contribution in [2.75, 3.05) is 0 Å². The van der Waals surface area contributed by atoms with E-state index >= 15 is 0 Å². The van der Waals surface area contributed by atoms with Crippen LogP contribution in [0.5, 0.6) is 0 Å². The van der Waals surface area contributed by atoms with E-state index in [1.54, 1.807) is 0 Å². The second-order valence-electron chi connectivity index (χ2n) is 13.6. The van der Waals surface area contributed by atoms with E-state index in [0.717, 1.165) is 70.9 Å². The lowest BCUT2D eigenvalue weighted by molar-refractivity contribution is -0.660. The zero-order valence-electron chi connectivity index (χ0n) is 25.9. The molecule has 7 rings (SSSR count). The Morgan fingerprint density at radius 2 is 1.52 bits per heavy atom. The second-order valence-corrected chi connectivity index (χ2v) is 13.6. The van der Waals surface area contributed by atoms with E-state index in [4.69, 9.17) is 4.42 Å². The van der Waals surface area contributed by atoms with Gasteiger partial charge in [0.25, 0.3) is 0 Å². The number of benzene rings is 3. The molecule has 5 aromatic rings. The molecule has 0 atom stereocenters. The highest BCUT2D eigenvalue weighted by Crippen LogP contribution is 2.56. The number of aromatic nitrogens is 1. The minimum Gasteiger partial charge on any atom is -0.454 e. The third-order valence-electron chi connectivity index (χ3n) is 9.76. The first-order chi connectivity index (χ1) is 19.5. The van der Waals surface area contributed by atoms with Crippen molar-refractivity contribution in [2.45, 2.75) is 89.9 Å². The third kappa shape index (κ3) is 3.79. The van der Waals surface area contributed by atoms with Gasteiger partial charge in [-0.25, -0.2) is 4.57 Å². The summed E-state index contributed by atoms with van der Waals surface area (Å²) in [5.74, 6) is -0.485. The van der Waals surface area contributed by atoms with Crippen LogP contribution in [0.2, 0.25) is 0 Å². The Kier molecular flexibility index (Phi) is 5.53. The minimum absolute atomic E-state index is 0.00290. The number of furan rings is 1. The first-order valence-corrected chi connectivity index (χ1v) is 15.1. The number of hydrogen-bond acceptors (Lipinski definition) is 1. The first kappa shape index (κ1) is 24.4. The molecular formula is C38H42NO+. The van der Waals surface area contributed by atoms with Crippen molar-refractivity contribution in [3.8, 4) is 22.4 Å². The molecule has 0 bridgehead atoms. The SMILES string of the molecule is [2H]C1(c2ccc(-c3cccc4c3oc3c(-c5cccc[n+]5C)c(C)ccc34)c3c2C(C)(C)CC3(C)C)CCCCC1. The fourth-order valence-electron chi connectivity index (χ4n) is 8.33. The maximum absolute atomic E-state index is 9.64. The Labute approximate surface area is 240 Å². The fourth-order valence-corrected chi connectivity index (χ4v) is 8.33. The highest BCUT2D eigenvalue weighted by Gasteiger charge is 2.46. The molecule has 2 heterocycles. The minimum atomic E-state index is -0.485. The average molecular weight is 530 g/mol. The summed E-state index contributed by atoms with van der Waals surface area (Å²) in [5.41, 5.74) is 12.0. The van der Waals surface area contributed by atoms with Crippen LogP contribution < -0.4 is 4.57 Å². The van der Waals surface area contributed by atoms with E-state index in [1.807, 2.05) is 0 Å². The standard InChI is InChI=1S/C38H42NO/c1-24-18-19-30-29-16-12-15-28(35(29)40-36(30)32(24)31-17-10-11-22-39(31)6)27-21-20-26(25-13-8-7-9-14-25)33-34(27)38(4,5)23-37(33,2)3/h10-12,15-22,25H,7-9,13-14,23H2,1-6H3/q+1/i25D. The van der Waals surface area contributed by atoms with Gasteiger partial charge in [-0.3, -0.25) is 0 Å². The maximum atomic E-state index is 9.64. The molecule has 3 aromatic carbocycles. The predicted octanol–water partition coefficient (Wildman–Crippen LogP) is 10.1. The van der Waals surface area contributed by atoms with E-state index in [9.17, 15) is 1.37 Å². The van der Waals surface area contributed by atoms with Crippen molar-refractivity contribution >= 4 is 21.9 Å². The number of hydrogen-bond donors (Lipinski definition) is 0. The van der Waals surface area contributed by atoms with Crippen LogP contribution in [0.15, 0.2) is 71.3 Å². The van der Waals surface area contributed by atoms with Gasteiger partial charge in [0, 0.05) is 29.8 Å². The second kappa shape index (κ2) is 9.06. The number of pyridine rings is 1. The summed E-state index contributed by atoms with van der Waals surface area (Å²) < 4.78 is 18.8. The van der Waals surface area contributed by atoms with Crippen LogP contribution in [0.25, 0.3) is 44.3 Å². The Bertz CT molecular complexity index is 1830. The molecule has 2 aliphatic rings. The molecule has 40 heavy (non-hydrogen) atoms. The molecule has 2 heteroatoms. The Morgan fingerprint density at radius 3 is 2.30 bits per heavy atom. The van der Waals surface area contributed by atoms with Gasteiger partial charge in [0.15, 0.2) is 6.20 Å². The molecule has 0 radical (unpaired) electrons. The summed E-state index contributed by atoms with van der Waals surface area (Å²) in [4.78, 5) is 0. The van der Waals surface area contributed by atoms with Gasteiger partial charge in [0.1, 0.15) is 18.2 Å². The summed E-state index contributed by atoms with van der Waals surface area (Å²) >= 11 is 0. The molecule has 0 N–H and O–H groups in total. The summed E-state index contributed by atoms with van der Waals surface area (Å²) in [6.45, 7) is 11.8. The Hall–Kier alpha value is -3.39. The average Bonchev–Trinajstić information content (AvgIpc) is 3.40. The van der Waals surface area contributed by atoms with Crippen LogP contribution in [-0.4, -0.2) is 0 Å². The Balaban J connectivity index is 1.52. The number of rotatable bonds is 3. The number of nitrogens with zero attached hydrogens (tertiary/aromatic N) is 1. The molecule has 0 unspecified atom stereocenters. The molecule has 0 amide bonds. The summed E-state index contributed by atoms with van der Waals surface area (Å²) in [5, 5.41) is 2.32. The molecule has 0 spiro atoms. The number of fused-ring (bicyclic) bond motifs is 4. The van der Waals surface area contributed by atoms with Crippen molar-refractivity contribution in [3.05, 3.63) is 89.1 Å². The zero-order valence-corrected chi connectivity index (χ0v) is 24.9. The van der Waals surface area contributed by atoms with Gasteiger partial charge in [-0.2, -0.15) is 0 Å². The van der Waals surface area contributed by atoms with Crippen molar-refractivity contribution in [2.24, 2.45) is 7.05 Å². The van der Waals surface area contributed by atoms with Gasteiger partial charge < -0.3 is 4.42 Å². The third-order valence-corrected chi connectivity index (χ3v) is 9.76. The predicted molar refractivity (Wildman–Crippen MR) is 167 cm³/mol. The molecular weight excluding hydrogens is 486 g/mol. The summed E-state index contributed by atoms with van der Waals surface area (Å²) in [7, 11) is 2.10. The van der Waals surface area contributed by atoms with Gasteiger partial charge >= 0.3 is 0 Å². The molecule has 0 aliphatic heterocycles. The highest BCUT2D eigenvalue weighted by atomic mass is 16.3. The van der Waals surface area contributed by atoms with Crippen molar-refractivity contribution in [1.29, 1.82) is 0 Å². The van der Waals surface area contributed by atoms with Crippen LogP contribution in [0.3, 0.4) is 0 Å². The summed E-state index contributed by atoms with van der Waals surface area (Å²) in [6.07, 6.45) is 8.68. The largest absolute Gasteiger partial charge is 0.454 e. The van der Waals surface area contributed by atoms with Gasteiger partial charge in [-0.05, 0) is 76.8 Å². The topological polar surface area (TPSA) is 17.0 Å². The normalized spacial score (nSPS) is 19.6. The zero-order chi connectivity index (χ0) is 28.7. The molecule has 2 aliphatic carbocycles. The number of aryl methyl sites for hydroxylation is 2. The van der Waals surface area contributed by atoms with Crippen LogP contribution in [0.4, 0.5) is 0 Å². The number of para-hydroxylation sites is 1. The Morgan fingerprint density at radius 1 is 0.775 bits per heavy atom. The lowest BCUT2D eigenvalue weighted by Gasteiger charge is -2.30. The van der Waals surface area contributed by atoms with Crippen LogP contribution in [0, 0.1) is 6.92 Å². The van der Waals surface area contributed by atoms with Crippen LogP contribution in [0.1, 0.15) is 95.7 Å². The molecule has 1 fully saturated rings. The fraction of sp³-hybridized carbons (Fsp3) is 0.395. The van der Waals surface area contributed by atoms with E-state index in [1.165, 1.54) is 34.2 Å².